The van der Waals surface area contributed by atoms with Crippen LogP contribution >= 0.6 is 0 Å². The predicted octanol–water partition coefficient (Wildman–Crippen LogP) is 3.16. The molecular formula is C24H35N3O3S. The minimum atomic E-state index is -3.57. The Morgan fingerprint density at radius 3 is 2.45 bits per heavy atom. The topological polar surface area (TPSA) is 84.6 Å². The number of hydrogen-bond acceptors (Lipinski definition) is 5. The number of nitriles is 1. The van der Waals surface area contributed by atoms with Crippen LogP contribution in [0.2, 0.25) is 0 Å². The molecule has 1 aliphatic heterocycles. The van der Waals surface area contributed by atoms with Gasteiger partial charge < -0.3 is 10.0 Å². The lowest BCUT2D eigenvalue weighted by Gasteiger charge is -2.49. The quantitative estimate of drug-likeness (QED) is 0.753. The Morgan fingerprint density at radius 2 is 1.87 bits per heavy atom. The Hall–Kier alpha value is -1.62. The summed E-state index contributed by atoms with van der Waals surface area (Å²) in [7, 11) is -3.57. The van der Waals surface area contributed by atoms with Crippen molar-refractivity contribution in [2.75, 3.05) is 36.8 Å². The lowest BCUT2D eigenvalue weighted by Crippen LogP contribution is -2.59. The van der Waals surface area contributed by atoms with Crippen molar-refractivity contribution in [2.45, 2.75) is 52.6 Å². The summed E-state index contributed by atoms with van der Waals surface area (Å²) in [4.78, 5) is 2.25. The molecular weight excluding hydrogens is 410 g/mol. The Morgan fingerprint density at radius 1 is 1.23 bits per heavy atom. The number of aryl methyl sites for hydroxylation is 1. The van der Waals surface area contributed by atoms with Gasteiger partial charge in [-0.2, -0.15) is 9.57 Å². The molecule has 4 atom stereocenters. The van der Waals surface area contributed by atoms with Gasteiger partial charge in [-0.3, -0.25) is 0 Å². The van der Waals surface area contributed by atoms with Crippen molar-refractivity contribution in [1.29, 1.82) is 5.26 Å². The van der Waals surface area contributed by atoms with E-state index in [0.717, 1.165) is 12.1 Å². The van der Waals surface area contributed by atoms with E-state index in [1.54, 1.807) is 11.2 Å². The van der Waals surface area contributed by atoms with Crippen LogP contribution in [-0.4, -0.2) is 55.4 Å². The van der Waals surface area contributed by atoms with Crippen molar-refractivity contribution in [2.24, 2.45) is 22.7 Å². The minimum absolute atomic E-state index is 0.0730. The number of nitrogens with zero attached hydrogens (tertiary/aromatic N) is 3. The highest BCUT2D eigenvalue weighted by atomic mass is 32.2. The number of benzene rings is 1. The number of para-hydroxylation sites is 1. The summed E-state index contributed by atoms with van der Waals surface area (Å²) in [6.45, 7) is 10.2. The van der Waals surface area contributed by atoms with Crippen molar-refractivity contribution in [3.05, 3.63) is 29.8 Å². The van der Waals surface area contributed by atoms with Gasteiger partial charge in [0, 0.05) is 37.3 Å². The molecule has 1 aromatic carbocycles. The third-order valence-corrected chi connectivity index (χ3v) is 11.0. The molecule has 4 unspecified atom stereocenters. The first-order valence-electron chi connectivity index (χ1n) is 11.4. The van der Waals surface area contributed by atoms with E-state index >= 15 is 0 Å². The van der Waals surface area contributed by atoms with Crippen LogP contribution in [0.25, 0.3) is 0 Å². The van der Waals surface area contributed by atoms with Crippen molar-refractivity contribution in [3.8, 4) is 6.07 Å². The molecule has 3 fully saturated rings. The van der Waals surface area contributed by atoms with Crippen LogP contribution in [-0.2, 0) is 10.0 Å². The molecule has 1 saturated heterocycles. The van der Waals surface area contributed by atoms with Crippen molar-refractivity contribution >= 4 is 15.7 Å². The first-order chi connectivity index (χ1) is 14.5. The SMILES string of the molecule is Cc1ccccc1N1CCN(S(=O)(=O)CC23CCC(CC2(O)C(C)C#N)C3(C)C)CC1. The number of sulfonamides is 1. The summed E-state index contributed by atoms with van der Waals surface area (Å²) in [6.07, 6.45) is 2.10. The van der Waals surface area contributed by atoms with Crippen LogP contribution in [0.1, 0.15) is 45.6 Å². The summed E-state index contributed by atoms with van der Waals surface area (Å²) >= 11 is 0. The summed E-state index contributed by atoms with van der Waals surface area (Å²) in [5, 5.41) is 21.3. The number of rotatable bonds is 5. The molecule has 1 aromatic rings. The van der Waals surface area contributed by atoms with Gasteiger partial charge in [0.2, 0.25) is 10.0 Å². The first kappa shape index (κ1) is 22.6. The molecule has 7 heteroatoms. The van der Waals surface area contributed by atoms with Crippen LogP contribution in [0.4, 0.5) is 5.69 Å². The second kappa shape index (κ2) is 7.47. The van der Waals surface area contributed by atoms with Gasteiger partial charge in [0.15, 0.2) is 0 Å². The molecule has 1 N–H and O–H groups in total. The molecule has 0 radical (unpaired) electrons. The average molecular weight is 446 g/mol. The fourth-order valence-electron chi connectivity index (χ4n) is 6.81. The number of aliphatic hydroxyl groups is 1. The van der Waals surface area contributed by atoms with E-state index in [1.807, 2.05) is 12.1 Å². The monoisotopic (exact) mass is 445 g/mol. The highest BCUT2D eigenvalue weighted by Crippen LogP contribution is 2.71. The maximum absolute atomic E-state index is 13.6. The highest BCUT2D eigenvalue weighted by Gasteiger charge is 2.73. The lowest BCUT2D eigenvalue weighted by atomic mass is 9.61. The summed E-state index contributed by atoms with van der Waals surface area (Å²) in [5.74, 6) is -0.414. The molecule has 2 bridgehead atoms. The summed E-state index contributed by atoms with van der Waals surface area (Å²) < 4.78 is 28.9. The molecule has 1 heterocycles. The van der Waals surface area contributed by atoms with Crippen LogP contribution in [0.5, 0.6) is 0 Å². The van der Waals surface area contributed by atoms with Crippen molar-refractivity contribution in [3.63, 3.8) is 0 Å². The predicted molar refractivity (Wildman–Crippen MR) is 122 cm³/mol. The molecule has 6 nitrogen and oxygen atoms in total. The van der Waals surface area contributed by atoms with Crippen LogP contribution in [0.15, 0.2) is 24.3 Å². The highest BCUT2D eigenvalue weighted by molar-refractivity contribution is 7.89. The van der Waals surface area contributed by atoms with Crippen molar-refractivity contribution in [1.82, 2.24) is 4.31 Å². The molecule has 31 heavy (non-hydrogen) atoms. The van der Waals surface area contributed by atoms with Gasteiger partial charge in [0.05, 0.1) is 23.3 Å². The van der Waals surface area contributed by atoms with E-state index in [-0.39, 0.29) is 17.1 Å². The van der Waals surface area contributed by atoms with Gasteiger partial charge >= 0.3 is 0 Å². The Balaban J connectivity index is 1.56. The molecule has 0 amide bonds. The van der Waals surface area contributed by atoms with E-state index in [0.29, 0.717) is 39.0 Å². The lowest BCUT2D eigenvalue weighted by molar-refractivity contribution is -0.110. The Labute approximate surface area is 186 Å². The zero-order valence-corrected chi connectivity index (χ0v) is 20.0. The van der Waals surface area contributed by atoms with Gasteiger partial charge in [-0.05, 0) is 56.1 Å². The van der Waals surface area contributed by atoms with E-state index in [1.165, 1.54) is 5.56 Å². The third kappa shape index (κ3) is 3.21. The Kier molecular flexibility index (Phi) is 5.44. The van der Waals surface area contributed by atoms with E-state index in [4.69, 9.17) is 0 Å². The fraction of sp³-hybridized carbons (Fsp3) is 0.708. The molecule has 4 rings (SSSR count). The average Bonchev–Trinajstić information content (AvgIpc) is 3.06. The molecule has 3 aliphatic rings. The minimum Gasteiger partial charge on any atom is -0.388 e. The molecule has 0 aromatic heterocycles. The van der Waals surface area contributed by atoms with Gasteiger partial charge in [-0.15, -0.1) is 0 Å². The van der Waals surface area contributed by atoms with Gasteiger partial charge in [-0.25, -0.2) is 8.42 Å². The molecule has 170 valence electrons. The fourth-order valence-corrected chi connectivity index (χ4v) is 9.10. The molecule has 2 saturated carbocycles. The largest absolute Gasteiger partial charge is 0.388 e. The third-order valence-electron chi connectivity index (χ3n) is 8.99. The van der Waals surface area contributed by atoms with Gasteiger partial charge in [-0.1, -0.05) is 32.0 Å². The number of fused-ring (bicyclic) bond motifs is 2. The zero-order chi connectivity index (χ0) is 22.7. The number of anilines is 1. The van der Waals surface area contributed by atoms with Crippen LogP contribution < -0.4 is 4.90 Å². The maximum atomic E-state index is 13.6. The first-order valence-corrected chi connectivity index (χ1v) is 13.0. The smallest absolute Gasteiger partial charge is 0.214 e. The van der Waals surface area contributed by atoms with Gasteiger partial charge in [0.25, 0.3) is 0 Å². The summed E-state index contributed by atoms with van der Waals surface area (Å²) in [5.41, 5.74) is -0.0114. The number of hydrogen-bond donors (Lipinski definition) is 1. The molecule has 2 aliphatic carbocycles. The van der Waals surface area contributed by atoms with E-state index in [9.17, 15) is 18.8 Å². The van der Waals surface area contributed by atoms with Crippen LogP contribution in [0.3, 0.4) is 0 Å². The second-order valence-electron chi connectivity index (χ2n) is 10.4. The van der Waals surface area contributed by atoms with Gasteiger partial charge in [0.1, 0.15) is 0 Å². The normalized spacial score (nSPS) is 33.9. The zero-order valence-electron chi connectivity index (χ0n) is 19.1. The van der Waals surface area contributed by atoms with Crippen molar-refractivity contribution < 1.29 is 13.5 Å². The summed E-state index contributed by atoms with van der Waals surface area (Å²) in [6, 6.07) is 10.4. The maximum Gasteiger partial charge on any atom is 0.214 e. The Bertz CT molecular complexity index is 994. The van der Waals surface area contributed by atoms with Crippen LogP contribution in [0, 0.1) is 40.9 Å². The van der Waals surface area contributed by atoms with E-state index < -0.39 is 27.0 Å². The molecule has 0 spiro atoms. The van der Waals surface area contributed by atoms with E-state index in [2.05, 4.69) is 43.9 Å². The second-order valence-corrected chi connectivity index (χ2v) is 12.4. The standard InChI is InChI=1S/C24H35N3O3S/c1-18-7-5-6-8-21(18)26-11-13-27(14-12-26)31(29,30)17-23-10-9-20(22(23,3)4)15-24(23,28)19(2)16-25/h5-8,19-20,28H,9-15,17H2,1-4H3. The number of piperazine rings is 1.